The van der Waals surface area contributed by atoms with Crippen molar-refractivity contribution in [3.8, 4) is 10.6 Å². The van der Waals surface area contributed by atoms with Gasteiger partial charge in [-0.1, -0.05) is 28.1 Å². The number of hydrogen-bond acceptors (Lipinski definition) is 3. The van der Waals surface area contributed by atoms with Crippen LogP contribution in [0.1, 0.15) is 11.3 Å². The molecule has 4 heteroatoms. The van der Waals surface area contributed by atoms with Crippen LogP contribution in [-0.2, 0) is 6.42 Å². The predicted octanol–water partition coefficient (Wildman–Crippen LogP) is 4.56. The van der Waals surface area contributed by atoms with Gasteiger partial charge in [-0.3, -0.25) is 4.98 Å². The standard InChI is InChI=1S/C15H11BrN2S/c16-13-5-3-11(4-6-13)8-14-10-19-15(18-14)12-2-1-7-17-9-12/h1-7,9-10H,8H2. The topological polar surface area (TPSA) is 25.8 Å². The second kappa shape index (κ2) is 5.63. The molecule has 0 fully saturated rings. The highest BCUT2D eigenvalue weighted by molar-refractivity contribution is 9.10. The zero-order valence-electron chi connectivity index (χ0n) is 10.1. The van der Waals surface area contributed by atoms with Crippen LogP contribution in [0.5, 0.6) is 0 Å². The smallest absolute Gasteiger partial charge is 0.125 e. The maximum Gasteiger partial charge on any atom is 0.125 e. The van der Waals surface area contributed by atoms with Crippen LogP contribution in [0.2, 0.25) is 0 Å². The van der Waals surface area contributed by atoms with Gasteiger partial charge in [0.25, 0.3) is 0 Å². The molecule has 0 atom stereocenters. The van der Waals surface area contributed by atoms with E-state index in [4.69, 9.17) is 0 Å². The minimum Gasteiger partial charge on any atom is -0.264 e. The van der Waals surface area contributed by atoms with Crippen LogP contribution in [0.25, 0.3) is 10.6 Å². The zero-order chi connectivity index (χ0) is 13.1. The SMILES string of the molecule is Brc1ccc(Cc2csc(-c3cccnc3)n2)cc1. The number of halogens is 1. The first-order valence-corrected chi connectivity index (χ1v) is 7.58. The van der Waals surface area contributed by atoms with Crippen molar-refractivity contribution in [3.63, 3.8) is 0 Å². The summed E-state index contributed by atoms with van der Waals surface area (Å²) in [6.07, 6.45) is 4.49. The van der Waals surface area contributed by atoms with Crippen molar-refractivity contribution in [1.82, 2.24) is 9.97 Å². The van der Waals surface area contributed by atoms with E-state index in [0.717, 1.165) is 27.2 Å². The quantitative estimate of drug-likeness (QED) is 0.703. The van der Waals surface area contributed by atoms with Gasteiger partial charge in [-0.2, -0.15) is 0 Å². The van der Waals surface area contributed by atoms with Gasteiger partial charge in [0.2, 0.25) is 0 Å². The van der Waals surface area contributed by atoms with Crippen molar-refractivity contribution < 1.29 is 0 Å². The van der Waals surface area contributed by atoms with E-state index in [1.165, 1.54) is 5.56 Å². The molecule has 2 nitrogen and oxygen atoms in total. The lowest BCUT2D eigenvalue weighted by atomic mass is 10.1. The summed E-state index contributed by atoms with van der Waals surface area (Å²) in [4.78, 5) is 8.79. The Kier molecular flexibility index (Phi) is 3.71. The molecule has 0 spiro atoms. The molecule has 0 N–H and O–H groups in total. The maximum absolute atomic E-state index is 4.67. The summed E-state index contributed by atoms with van der Waals surface area (Å²) in [6.45, 7) is 0. The molecule has 19 heavy (non-hydrogen) atoms. The molecular weight excluding hydrogens is 320 g/mol. The number of thiazole rings is 1. The minimum absolute atomic E-state index is 0.865. The Balaban J connectivity index is 1.80. The fourth-order valence-electron chi connectivity index (χ4n) is 1.82. The van der Waals surface area contributed by atoms with Crippen LogP contribution in [0.15, 0.2) is 58.6 Å². The summed E-state index contributed by atoms with van der Waals surface area (Å²) in [5.41, 5.74) is 3.45. The molecule has 94 valence electrons. The van der Waals surface area contributed by atoms with E-state index in [9.17, 15) is 0 Å². The zero-order valence-corrected chi connectivity index (χ0v) is 12.5. The average Bonchev–Trinajstić information content (AvgIpc) is 2.91. The fraction of sp³-hybridized carbons (Fsp3) is 0.0667. The van der Waals surface area contributed by atoms with Crippen molar-refractivity contribution >= 4 is 27.3 Å². The van der Waals surface area contributed by atoms with E-state index in [1.54, 1.807) is 17.5 Å². The molecule has 3 aromatic rings. The Morgan fingerprint density at radius 1 is 1.11 bits per heavy atom. The van der Waals surface area contributed by atoms with Crippen LogP contribution in [0, 0.1) is 0 Å². The summed E-state index contributed by atoms with van der Waals surface area (Å²) >= 11 is 5.11. The van der Waals surface area contributed by atoms with Gasteiger partial charge in [-0.15, -0.1) is 11.3 Å². The van der Waals surface area contributed by atoms with Crippen molar-refractivity contribution in [2.75, 3.05) is 0 Å². The van der Waals surface area contributed by atoms with Gasteiger partial charge in [0.05, 0.1) is 5.69 Å². The maximum atomic E-state index is 4.67. The molecule has 0 radical (unpaired) electrons. The van der Waals surface area contributed by atoms with Crippen LogP contribution < -0.4 is 0 Å². The molecule has 1 aromatic carbocycles. The van der Waals surface area contributed by atoms with Crippen molar-refractivity contribution in [2.24, 2.45) is 0 Å². The highest BCUT2D eigenvalue weighted by Crippen LogP contribution is 2.24. The van der Waals surface area contributed by atoms with Gasteiger partial charge >= 0.3 is 0 Å². The van der Waals surface area contributed by atoms with E-state index in [2.05, 4.69) is 55.5 Å². The normalized spacial score (nSPS) is 10.6. The van der Waals surface area contributed by atoms with Crippen molar-refractivity contribution in [1.29, 1.82) is 0 Å². The number of rotatable bonds is 3. The minimum atomic E-state index is 0.865. The summed E-state index contributed by atoms with van der Waals surface area (Å²) < 4.78 is 1.10. The third kappa shape index (κ3) is 3.08. The Morgan fingerprint density at radius 2 is 1.95 bits per heavy atom. The highest BCUT2D eigenvalue weighted by atomic mass is 79.9. The molecular formula is C15H11BrN2S. The van der Waals surface area contributed by atoms with E-state index < -0.39 is 0 Å². The lowest BCUT2D eigenvalue weighted by Crippen LogP contribution is -1.88. The summed E-state index contributed by atoms with van der Waals surface area (Å²) in [6, 6.07) is 12.3. The lowest BCUT2D eigenvalue weighted by Gasteiger charge is -1.98. The average molecular weight is 331 g/mol. The number of aromatic nitrogens is 2. The van der Waals surface area contributed by atoms with E-state index in [1.807, 2.05) is 18.3 Å². The molecule has 0 aliphatic rings. The first-order valence-electron chi connectivity index (χ1n) is 5.90. The van der Waals surface area contributed by atoms with Gasteiger partial charge in [0.1, 0.15) is 5.01 Å². The Morgan fingerprint density at radius 3 is 2.68 bits per heavy atom. The first-order chi connectivity index (χ1) is 9.31. The van der Waals surface area contributed by atoms with Crippen LogP contribution in [0.3, 0.4) is 0 Å². The number of benzene rings is 1. The summed E-state index contributed by atoms with van der Waals surface area (Å²) in [7, 11) is 0. The second-order valence-corrected chi connectivity index (χ2v) is 5.96. The first kappa shape index (κ1) is 12.5. The summed E-state index contributed by atoms with van der Waals surface area (Å²) in [5.74, 6) is 0. The Bertz CT molecular complexity index is 662. The van der Waals surface area contributed by atoms with Crippen molar-refractivity contribution in [2.45, 2.75) is 6.42 Å². The van der Waals surface area contributed by atoms with Crippen LogP contribution in [0.4, 0.5) is 0 Å². The van der Waals surface area contributed by atoms with Gasteiger partial charge in [0, 0.05) is 34.2 Å². The van der Waals surface area contributed by atoms with Gasteiger partial charge in [-0.25, -0.2) is 4.98 Å². The molecule has 0 aliphatic carbocycles. The van der Waals surface area contributed by atoms with Gasteiger partial charge in [-0.05, 0) is 29.8 Å². The molecule has 0 saturated carbocycles. The molecule has 0 saturated heterocycles. The van der Waals surface area contributed by atoms with Crippen LogP contribution >= 0.6 is 27.3 Å². The molecule has 0 unspecified atom stereocenters. The Labute approximate surface area is 124 Å². The number of hydrogen-bond donors (Lipinski definition) is 0. The number of nitrogens with zero attached hydrogens (tertiary/aromatic N) is 2. The highest BCUT2D eigenvalue weighted by Gasteiger charge is 2.05. The monoisotopic (exact) mass is 330 g/mol. The molecule has 0 amide bonds. The van der Waals surface area contributed by atoms with Crippen molar-refractivity contribution in [3.05, 3.63) is 69.9 Å². The molecule has 2 aromatic heterocycles. The van der Waals surface area contributed by atoms with E-state index in [0.29, 0.717) is 0 Å². The largest absolute Gasteiger partial charge is 0.264 e. The van der Waals surface area contributed by atoms with Gasteiger partial charge < -0.3 is 0 Å². The predicted molar refractivity (Wildman–Crippen MR) is 82.3 cm³/mol. The molecule has 2 heterocycles. The van der Waals surface area contributed by atoms with Crippen LogP contribution in [-0.4, -0.2) is 9.97 Å². The third-order valence-corrected chi connectivity index (χ3v) is 4.23. The molecule has 0 bridgehead atoms. The van der Waals surface area contributed by atoms with E-state index in [-0.39, 0.29) is 0 Å². The van der Waals surface area contributed by atoms with Gasteiger partial charge in [0.15, 0.2) is 0 Å². The fourth-order valence-corrected chi connectivity index (χ4v) is 2.90. The summed E-state index contributed by atoms with van der Waals surface area (Å²) in [5, 5.41) is 3.14. The second-order valence-electron chi connectivity index (χ2n) is 4.19. The number of pyridine rings is 1. The lowest BCUT2D eigenvalue weighted by molar-refractivity contribution is 1.11. The third-order valence-electron chi connectivity index (χ3n) is 2.76. The molecule has 0 aliphatic heterocycles. The molecule has 3 rings (SSSR count). The Hall–Kier alpha value is -1.52. The van der Waals surface area contributed by atoms with E-state index >= 15 is 0 Å².